The predicted molar refractivity (Wildman–Crippen MR) is 152 cm³/mol. The number of ketones is 1. The molecule has 1 unspecified atom stereocenters. The summed E-state index contributed by atoms with van der Waals surface area (Å²) in [6.07, 6.45) is 6.27. The first-order valence-corrected chi connectivity index (χ1v) is 14.3. The molecule has 2 rings (SSSR count). The van der Waals surface area contributed by atoms with Gasteiger partial charge < -0.3 is 20.1 Å². The molecule has 0 amide bonds. The number of thioether (sulfide) groups is 1. The summed E-state index contributed by atoms with van der Waals surface area (Å²) in [4.78, 5) is 39.5. The summed E-state index contributed by atoms with van der Waals surface area (Å²) in [5.41, 5.74) is 1.21. The Morgan fingerprint density at radius 1 is 1.14 bits per heavy atom. The van der Waals surface area contributed by atoms with Gasteiger partial charge in [-0.05, 0) is 54.7 Å². The SMILES string of the molecule is C=C/C=C(\SC)C(=O)CNC[C@H](OC(=O)C(Nc1ccccc1)c1ccsc1C(=O)OC)C(CC)CC. The molecule has 2 aromatic rings. The van der Waals surface area contributed by atoms with E-state index in [0.717, 1.165) is 12.8 Å². The number of allylic oxidation sites excluding steroid dienone is 2. The zero-order valence-electron chi connectivity index (χ0n) is 21.8. The fraction of sp³-hybridized carbons (Fsp3) is 0.393. The molecule has 0 saturated heterocycles. The Morgan fingerprint density at radius 2 is 1.84 bits per heavy atom. The van der Waals surface area contributed by atoms with Crippen molar-refractivity contribution in [3.8, 4) is 0 Å². The number of nitrogens with one attached hydrogen (secondary N) is 2. The van der Waals surface area contributed by atoms with E-state index in [-0.39, 0.29) is 18.2 Å². The molecule has 0 bridgehead atoms. The minimum absolute atomic E-state index is 0.0494. The number of carbonyl (C=O) groups is 3. The molecule has 9 heteroatoms. The summed E-state index contributed by atoms with van der Waals surface area (Å²) in [6.45, 7) is 8.20. The molecule has 0 radical (unpaired) electrons. The Hall–Kier alpha value is -2.88. The third kappa shape index (κ3) is 8.87. The lowest BCUT2D eigenvalue weighted by Gasteiger charge is -2.28. The minimum Gasteiger partial charge on any atom is -0.465 e. The van der Waals surface area contributed by atoms with Crippen LogP contribution in [0.2, 0.25) is 0 Å². The van der Waals surface area contributed by atoms with E-state index in [0.29, 0.717) is 27.6 Å². The second-order valence-corrected chi connectivity index (χ2v) is 9.98. The molecule has 0 aliphatic carbocycles. The Kier molecular flexibility index (Phi) is 13.2. The van der Waals surface area contributed by atoms with E-state index in [1.165, 1.54) is 30.2 Å². The third-order valence-electron chi connectivity index (χ3n) is 5.94. The summed E-state index contributed by atoms with van der Waals surface area (Å²) < 4.78 is 11.0. The van der Waals surface area contributed by atoms with Gasteiger partial charge in [-0.1, -0.05) is 44.7 Å². The first-order chi connectivity index (χ1) is 17.9. The number of Topliss-reactive ketones (excluding diaryl/α,β-unsaturated/α-hetero) is 1. The van der Waals surface area contributed by atoms with Crippen LogP contribution in [0.5, 0.6) is 0 Å². The Bertz CT molecular complexity index is 1060. The predicted octanol–water partition coefficient (Wildman–Crippen LogP) is 5.63. The maximum atomic E-state index is 13.6. The minimum atomic E-state index is -0.917. The van der Waals surface area contributed by atoms with Crippen LogP contribution in [0.15, 0.2) is 65.4 Å². The summed E-state index contributed by atoms with van der Waals surface area (Å²) in [5.74, 6) is -0.970. The molecule has 2 atom stereocenters. The topological polar surface area (TPSA) is 93.7 Å². The van der Waals surface area contributed by atoms with E-state index in [4.69, 9.17) is 9.47 Å². The molecular formula is C28H36N2O5S2. The van der Waals surface area contributed by atoms with Gasteiger partial charge in [-0.3, -0.25) is 4.79 Å². The smallest absolute Gasteiger partial charge is 0.348 e. The van der Waals surface area contributed by atoms with E-state index >= 15 is 0 Å². The summed E-state index contributed by atoms with van der Waals surface area (Å²) >= 11 is 2.58. The number of hydrogen-bond donors (Lipinski definition) is 2. The van der Waals surface area contributed by atoms with Crippen molar-refractivity contribution in [1.29, 1.82) is 0 Å². The lowest BCUT2D eigenvalue weighted by molar-refractivity contribution is -0.153. The average molecular weight is 545 g/mol. The summed E-state index contributed by atoms with van der Waals surface area (Å²) in [6, 6.07) is 10.1. The van der Waals surface area contributed by atoms with Crippen LogP contribution in [-0.2, 0) is 19.1 Å². The number of thiophene rings is 1. The number of para-hydroxylation sites is 1. The quantitative estimate of drug-likeness (QED) is 0.160. The number of hydrogen-bond acceptors (Lipinski definition) is 9. The number of methoxy groups -OCH3 is 1. The molecule has 0 aliphatic heterocycles. The van der Waals surface area contributed by atoms with E-state index in [1.807, 2.05) is 50.4 Å². The van der Waals surface area contributed by atoms with Crippen molar-refractivity contribution in [2.45, 2.75) is 38.8 Å². The number of esters is 2. The van der Waals surface area contributed by atoms with Crippen molar-refractivity contribution < 1.29 is 23.9 Å². The van der Waals surface area contributed by atoms with Crippen LogP contribution >= 0.6 is 23.1 Å². The molecule has 1 aromatic heterocycles. The van der Waals surface area contributed by atoms with Gasteiger partial charge in [0.25, 0.3) is 0 Å². The highest BCUT2D eigenvalue weighted by molar-refractivity contribution is 8.03. The highest BCUT2D eigenvalue weighted by Crippen LogP contribution is 2.30. The maximum Gasteiger partial charge on any atom is 0.348 e. The van der Waals surface area contributed by atoms with Crippen molar-refractivity contribution in [3.63, 3.8) is 0 Å². The zero-order chi connectivity index (χ0) is 27.2. The largest absolute Gasteiger partial charge is 0.465 e. The van der Waals surface area contributed by atoms with E-state index in [2.05, 4.69) is 17.2 Å². The molecule has 2 N–H and O–H groups in total. The molecule has 7 nitrogen and oxygen atoms in total. The number of benzene rings is 1. The zero-order valence-corrected chi connectivity index (χ0v) is 23.5. The van der Waals surface area contributed by atoms with Crippen LogP contribution < -0.4 is 10.6 Å². The monoisotopic (exact) mass is 544 g/mol. The number of anilines is 1. The maximum absolute atomic E-state index is 13.6. The van der Waals surface area contributed by atoms with Crippen molar-refractivity contribution in [1.82, 2.24) is 5.32 Å². The van der Waals surface area contributed by atoms with Gasteiger partial charge in [0.2, 0.25) is 0 Å². The third-order valence-corrected chi connectivity index (χ3v) is 7.65. The molecule has 0 aliphatic rings. The average Bonchev–Trinajstić information content (AvgIpc) is 3.40. The fourth-order valence-electron chi connectivity index (χ4n) is 3.90. The van der Waals surface area contributed by atoms with Gasteiger partial charge in [0.05, 0.1) is 18.6 Å². The van der Waals surface area contributed by atoms with E-state index < -0.39 is 24.1 Å². The van der Waals surface area contributed by atoms with Gasteiger partial charge >= 0.3 is 11.9 Å². The summed E-state index contributed by atoms with van der Waals surface area (Å²) in [7, 11) is 1.31. The van der Waals surface area contributed by atoms with Crippen LogP contribution in [0.1, 0.15) is 48.0 Å². The lowest BCUT2D eigenvalue weighted by Crippen LogP contribution is -2.40. The van der Waals surface area contributed by atoms with Crippen LogP contribution in [0.25, 0.3) is 0 Å². The van der Waals surface area contributed by atoms with Crippen LogP contribution in [0.3, 0.4) is 0 Å². The standard InChI is InChI=1S/C28H36N2O5S2/c1-6-12-24(36-5)22(31)17-29-18-23(19(7-2)8-3)35-27(32)25(30-20-13-10-9-11-14-20)21-15-16-37-26(21)28(33)34-4/h6,9-16,19,23,25,29-30H,1,7-8,17-18H2,2-5H3/b24-12-/t23-,25?/m0/s1. The van der Waals surface area contributed by atoms with Crippen molar-refractivity contribution in [2.75, 3.05) is 31.8 Å². The van der Waals surface area contributed by atoms with Gasteiger partial charge in [-0.2, -0.15) is 0 Å². The van der Waals surface area contributed by atoms with Crippen molar-refractivity contribution in [2.24, 2.45) is 5.92 Å². The highest BCUT2D eigenvalue weighted by Gasteiger charge is 2.32. The van der Waals surface area contributed by atoms with Gasteiger partial charge in [-0.25, -0.2) is 9.59 Å². The molecule has 0 spiro atoms. The van der Waals surface area contributed by atoms with E-state index in [1.54, 1.807) is 23.6 Å². The number of rotatable bonds is 16. The first kappa shape index (κ1) is 30.3. The van der Waals surface area contributed by atoms with Gasteiger partial charge in [0.15, 0.2) is 11.8 Å². The van der Waals surface area contributed by atoms with Crippen molar-refractivity contribution in [3.05, 3.63) is 75.9 Å². The van der Waals surface area contributed by atoms with Crippen LogP contribution in [0, 0.1) is 5.92 Å². The Balaban J connectivity index is 2.27. The van der Waals surface area contributed by atoms with Gasteiger partial charge in [0.1, 0.15) is 11.0 Å². The normalized spacial score (nSPS) is 13.1. The lowest BCUT2D eigenvalue weighted by atomic mass is 9.96. The van der Waals surface area contributed by atoms with Crippen LogP contribution in [0.4, 0.5) is 5.69 Å². The number of carbonyl (C=O) groups excluding carboxylic acids is 3. The Labute approximate surface area is 227 Å². The fourth-order valence-corrected chi connectivity index (χ4v) is 5.29. The molecule has 0 saturated carbocycles. The second kappa shape index (κ2) is 16.1. The molecule has 200 valence electrons. The van der Waals surface area contributed by atoms with E-state index in [9.17, 15) is 14.4 Å². The Morgan fingerprint density at radius 3 is 2.43 bits per heavy atom. The second-order valence-electron chi connectivity index (χ2n) is 8.22. The van der Waals surface area contributed by atoms with Gasteiger partial charge in [0, 0.05) is 17.8 Å². The molecule has 0 fully saturated rings. The molecular weight excluding hydrogens is 508 g/mol. The number of ether oxygens (including phenoxy) is 2. The first-order valence-electron chi connectivity index (χ1n) is 12.2. The highest BCUT2D eigenvalue weighted by atomic mass is 32.2. The van der Waals surface area contributed by atoms with Crippen molar-refractivity contribution >= 4 is 46.5 Å². The van der Waals surface area contributed by atoms with Gasteiger partial charge in [-0.15, -0.1) is 23.1 Å². The van der Waals surface area contributed by atoms with Crippen LogP contribution in [-0.4, -0.2) is 50.3 Å². The molecule has 1 aromatic carbocycles. The molecule has 1 heterocycles. The summed E-state index contributed by atoms with van der Waals surface area (Å²) in [5, 5.41) is 8.14. The molecule has 37 heavy (non-hydrogen) atoms.